The highest BCUT2D eigenvalue weighted by Crippen LogP contribution is 2.20. The van der Waals surface area contributed by atoms with Gasteiger partial charge in [-0.25, -0.2) is 4.98 Å². The average Bonchev–Trinajstić information content (AvgIpc) is 2.42. The van der Waals surface area contributed by atoms with Gasteiger partial charge in [0, 0.05) is 25.8 Å². The molecule has 0 saturated heterocycles. The van der Waals surface area contributed by atoms with E-state index < -0.39 is 0 Å². The van der Waals surface area contributed by atoms with Crippen molar-refractivity contribution in [2.24, 2.45) is 0 Å². The van der Waals surface area contributed by atoms with Crippen LogP contribution in [0.3, 0.4) is 0 Å². The first-order valence-electron chi connectivity index (χ1n) is 6.82. The molecule has 0 saturated carbocycles. The number of hydrogen-bond acceptors (Lipinski definition) is 3. The highest BCUT2D eigenvalue weighted by Gasteiger charge is 2.15. The van der Waals surface area contributed by atoms with Crippen molar-refractivity contribution in [3.8, 4) is 0 Å². The lowest BCUT2D eigenvalue weighted by atomic mass is 10.2. The Morgan fingerprint density at radius 2 is 2.16 bits per heavy atom. The Kier molecular flexibility index (Phi) is 6.64. The van der Waals surface area contributed by atoms with Crippen LogP contribution in [0.15, 0.2) is 12.3 Å². The van der Waals surface area contributed by atoms with Crippen molar-refractivity contribution in [3.63, 3.8) is 0 Å². The minimum absolute atomic E-state index is 0.00611. The first-order valence-corrected chi connectivity index (χ1v) is 7.20. The summed E-state index contributed by atoms with van der Waals surface area (Å²) >= 11 is 6.11. The van der Waals surface area contributed by atoms with Gasteiger partial charge in [0.1, 0.15) is 5.82 Å². The number of aromatic nitrogens is 1. The summed E-state index contributed by atoms with van der Waals surface area (Å²) < 4.78 is 0. The Morgan fingerprint density at radius 3 is 2.68 bits per heavy atom. The molecule has 0 unspecified atom stereocenters. The fourth-order valence-electron chi connectivity index (χ4n) is 1.79. The zero-order valence-electron chi connectivity index (χ0n) is 11.9. The summed E-state index contributed by atoms with van der Waals surface area (Å²) in [5.74, 6) is 0.616. The van der Waals surface area contributed by atoms with Crippen LogP contribution in [0, 0.1) is 0 Å². The smallest absolute Gasteiger partial charge is 0.255 e. The number of pyridine rings is 1. The van der Waals surface area contributed by atoms with Gasteiger partial charge in [-0.1, -0.05) is 24.9 Å². The Bertz CT molecular complexity index is 423. The summed E-state index contributed by atoms with van der Waals surface area (Å²) in [6, 6.07) is 1.68. The first-order chi connectivity index (χ1) is 9.13. The van der Waals surface area contributed by atoms with E-state index in [1.807, 2.05) is 18.7 Å². The van der Waals surface area contributed by atoms with Crippen LogP contribution in [0.1, 0.15) is 44.0 Å². The van der Waals surface area contributed by atoms with Crippen molar-refractivity contribution < 1.29 is 4.79 Å². The zero-order valence-corrected chi connectivity index (χ0v) is 12.6. The largest absolute Gasteiger partial charge is 0.369 e. The van der Waals surface area contributed by atoms with Gasteiger partial charge in [0.05, 0.1) is 10.6 Å². The molecular formula is C14H22ClN3O. The second-order valence-corrected chi connectivity index (χ2v) is 4.73. The number of unbranched alkanes of at least 4 members (excludes halogenated alkanes) is 1. The van der Waals surface area contributed by atoms with E-state index in [-0.39, 0.29) is 5.91 Å². The van der Waals surface area contributed by atoms with E-state index in [1.54, 1.807) is 12.3 Å². The molecule has 0 aliphatic rings. The molecule has 1 N–H and O–H groups in total. The third-order valence-corrected chi connectivity index (χ3v) is 3.17. The predicted molar refractivity (Wildman–Crippen MR) is 79.9 cm³/mol. The van der Waals surface area contributed by atoms with E-state index in [4.69, 9.17) is 11.6 Å². The molecule has 0 bridgehead atoms. The molecular weight excluding hydrogens is 262 g/mol. The van der Waals surface area contributed by atoms with Gasteiger partial charge >= 0.3 is 0 Å². The third-order valence-electron chi connectivity index (χ3n) is 2.88. The number of hydrogen-bond donors (Lipinski definition) is 1. The summed E-state index contributed by atoms with van der Waals surface area (Å²) in [6.45, 7) is 8.29. The van der Waals surface area contributed by atoms with Crippen molar-refractivity contribution in [2.45, 2.75) is 33.6 Å². The Balaban J connectivity index is 2.83. The Labute approximate surface area is 120 Å². The second-order valence-electron chi connectivity index (χ2n) is 4.32. The second kappa shape index (κ2) is 8.00. The first kappa shape index (κ1) is 15.8. The third kappa shape index (κ3) is 4.39. The maximum atomic E-state index is 12.3. The normalized spacial score (nSPS) is 10.3. The van der Waals surface area contributed by atoms with E-state index in [0.29, 0.717) is 22.9 Å². The molecule has 0 aliphatic carbocycles. The van der Waals surface area contributed by atoms with Crippen molar-refractivity contribution in [3.05, 3.63) is 22.8 Å². The van der Waals surface area contributed by atoms with Crippen LogP contribution in [0.2, 0.25) is 5.02 Å². The molecule has 1 rings (SSSR count). The van der Waals surface area contributed by atoms with Gasteiger partial charge in [-0.2, -0.15) is 0 Å². The molecule has 0 aromatic carbocycles. The van der Waals surface area contributed by atoms with E-state index >= 15 is 0 Å². The number of nitrogens with zero attached hydrogens (tertiary/aromatic N) is 2. The van der Waals surface area contributed by atoms with Crippen LogP contribution in [-0.2, 0) is 0 Å². The summed E-state index contributed by atoms with van der Waals surface area (Å²) in [4.78, 5) is 18.3. The number of nitrogens with one attached hydrogen (secondary N) is 1. The molecule has 0 spiro atoms. The fraction of sp³-hybridized carbons (Fsp3) is 0.571. The number of carbonyl (C=O) groups is 1. The van der Waals surface area contributed by atoms with Crippen LogP contribution in [0.4, 0.5) is 5.82 Å². The van der Waals surface area contributed by atoms with Crippen molar-refractivity contribution in [1.82, 2.24) is 9.88 Å². The Morgan fingerprint density at radius 1 is 1.42 bits per heavy atom. The maximum absolute atomic E-state index is 12.3. The lowest BCUT2D eigenvalue weighted by molar-refractivity contribution is 0.0762. The molecule has 1 aromatic heterocycles. The number of halogens is 1. The van der Waals surface area contributed by atoms with E-state index in [9.17, 15) is 4.79 Å². The number of anilines is 1. The van der Waals surface area contributed by atoms with Gasteiger partial charge in [-0.3, -0.25) is 4.79 Å². The maximum Gasteiger partial charge on any atom is 0.255 e. The van der Waals surface area contributed by atoms with Crippen LogP contribution < -0.4 is 5.32 Å². The summed E-state index contributed by atoms with van der Waals surface area (Å²) in [5.41, 5.74) is 0.546. The molecule has 106 valence electrons. The SMILES string of the molecule is CCCCN(CC)C(=O)c1cnc(NCC)c(Cl)c1. The van der Waals surface area contributed by atoms with Gasteiger partial charge in [0.2, 0.25) is 0 Å². The molecule has 0 atom stereocenters. The quantitative estimate of drug-likeness (QED) is 0.834. The molecule has 1 amide bonds. The molecule has 0 aliphatic heterocycles. The van der Waals surface area contributed by atoms with Crippen LogP contribution in [-0.4, -0.2) is 35.4 Å². The van der Waals surface area contributed by atoms with Gasteiger partial charge in [-0.15, -0.1) is 0 Å². The molecule has 4 nitrogen and oxygen atoms in total. The van der Waals surface area contributed by atoms with Crippen LogP contribution in [0.5, 0.6) is 0 Å². The molecule has 0 fully saturated rings. The number of rotatable bonds is 7. The lowest BCUT2D eigenvalue weighted by Gasteiger charge is -2.20. The highest BCUT2D eigenvalue weighted by atomic mass is 35.5. The zero-order chi connectivity index (χ0) is 14.3. The molecule has 1 aromatic rings. The molecule has 5 heteroatoms. The highest BCUT2D eigenvalue weighted by molar-refractivity contribution is 6.33. The summed E-state index contributed by atoms with van der Waals surface area (Å²) in [5, 5.41) is 3.54. The Hall–Kier alpha value is -1.29. The lowest BCUT2D eigenvalue weighted by Crippen LogP contribution is -2.31. The standard InChI is InChI=1S/C14H22ClN3O/c1-4-7-8-18(6-3)14(19)11-9-12(15)13(16-5-2)17-10-11/h9-10H,4-8H2,1-3H3,(H,16,17). The molecule has 1 heterocycles. The van der Waals surface area contributed by atoms with E-state index in [0.717, 1.165) is 25.9 Å². The van der Waals surface area contributed by atoms with E-state index in [1.165, 1.54) is 0 Å². The predicted octanol–water partition coefficient (Wildman–Crippen LogP) is 3.43. The van der Waals surface area contributed by atoms with Gasteiger partial charge in [-0.05, 0) is 26.3 Å². The van der Waals surface area contributed by atoms with Crippen LogP contribution in [0.25, 0.3) is 0 Å². The monoisotopic (exact) mass is 283 g/mol. The summed E-state index contributed by atoms with van der Waals surface area (Å²) in [7, 11) is 0. The topological polar surface area (TPSA) is 45.2 Å². The van der Waals surface area contributed by atoms with Crippen LogP contribution >= 0.6 is 11.6 Å². The van der Waals surface area contributed by atoms with Gasteiger partial charge in [0.15, 0.2) is 0 Å². The molecule has 19 heavy (non-hydrogen) atoms. The number of amides is 1. The number of carbonyl (C=O) groups excluding carboxylic acids is 1. The van der Waals surface area contributed by atoms with E-state index in [2.05, 4.69) is 17.2 Å². The minimum atomic E-state index is -0.00611. The van der Waals surface area contributed by atoms with Crippen molar-refractivity contribution in [1.29, 1.82) is 0 Å². The van der Waals surface area contributed by atoms with Gasteiger partial charge in [0.25, 0.3) is 5.91 Å². The molecule has 0 radical (unpaired) electrons. The minimum Gasteiger partial charge on any atom is -0.369 e. The average molecular weight is 284 g/mol. The fourth-order valence-corrected chi connectivity index (χ4v) is 2.02. The van der Waals surface area contributed by atoms with Gasteiger partial charge < -0.3 is 10.2 Å². The van der Waals surface area contributed by atoms with Crippen molar-refractivity contribution >= 4 is 23.3 Å². The van der Waals surface area contributed by atoms with Crippen molar-refractivity contribution in [2.75, 3.05) is 25.0 Å². The summed E-state index contributed by atoms with van der Waals surface area (Å²) in [6.07, 6.45) is 3.67.